The highest BCUT2D eigenvalue weighted by Crippen LogP contribution is 2.50. The van der Waals surface area contributed by atoms with Crippen LogP contribution in [0.2, 0.25) is 0 Å². The van der Waals surface area contributed by atoms with Gasteiger partial charge in [-0.1, -0.05) is 126 Å². The van der Waals surface area contributed by atoms with Crippen LogP contribution >= 0.6 is 11.8 Å². The topological polar surface area (TPSA) is 614 Å². The average molecular weight is 2120 g/mol. The van der Waals surface area contributed by atoms with Crippen molar-refractivity contribution in [2.75, 3.05) is 36.8 Å². The van der Waals surface area contributed by atoms with Crippen LogP contribution in [0.1, 0.15) is 237 Å². The summed E-state index contributed by atoms with van der Waals surface area (Å²) in [6.45, 7) is 10.1. The molecule has 796 valence electrons. The minimum absolute atomic E-state index is 0.000782. The quantitative estimate of drug-likeness (QED) is 0.00429. The maximum atomic E-state index is 14.5. The minimum Gasteiger partial charge on any atom is -0.481 e. The van der Waals surface area contributed by atoms with Gasteiger partial charge in [-0.05, 0) is 185 Å². The van der Waals surface area contributed by atoms with Crippen molar-refractivity contribution in [3.05, 3.63) is 190 Å². The summed E-state index contributed by atoms with van der Waals surface area (Å²) in [5.74, 6) is -13.6. The van der Waals surface area contributed by atoms with Crippen molar-refractivity contribution in [2.24, 2.45) is 17.6 Å². The van der Waals surface area contributed by atoms with Crippen molar-refractivity contribution < 1.29 is 145 Å². The third kappa shape index (κ3) is 35.5. The number of fused-ring (bicyclic) bond motifs is 2. The summed E-state index contributed by atoms with van der Waals surface area (Å²) in [4.78, 5) is 197. The molecule has 9 rings (SSSR count). The number of nitrogens with two attached hydrogens (primary N) is 1. The predicted octanol–water partition coefficient (Wildman–Crippen LogP) is 11.6. The first kappa shape index (κ1) is 118. The number of ether oxygens (including phenoxy) is 2. The van der Waals surface area contributed by atoms with Crippen LogP contribution in [0.25, 0.3) is 0 Å². The second-order valence-corrected chi connectivity index (χ2v) is 43.6. The fourth-order valence-corrected chi connectivity index (χ4v) is 21.0. The largest absolute Gasteiger partial charge is 0.481 e. The fourth-order valence-electron chi connectivity index (χ4n) is 18.2. The maximum Gasteiger partial charge on any atom is 0.326 e. The van der Waals surface area contributed by atoms with E-state index in [0.29, 0.717) is 124 Å². The number of ketones is 4. The molecule has 1 unspecified atom stereocenters. The molecule has 39 nitrogen and oxygen atoms in total. The number of anilines is 1. The second kappa shape index (κ2) is 55.3. The number of imide groups is 1. The van der Waals surface area contributed by atoms with E-state index in [1.165, 1.54) is 48.5 Å². The van der Waals surface area contributed by atoms with Gasteiger partial charge in [-0.2, -0.15) is 29.8 Å². The molecule has 5 aromatic rings. The van der Waals surface area contributed by atoms with Crippen molar-refractivity contribution in [3.63, 3.8) is 0 Å². The Morgan fingerprint density at radius 2 is 1.13 bits per heavy atom. The number of amides is 7. The van der Waals surface area contributed by atoms with E-state index in [1.54, 1.807) is 72.8 Å². The predicted molar refractivity (Wildman–Crippen MR) is 542 cm³/mol. The normalized spacial score (nSPS) is 17.0. The Morgan fingerprint density at radius 1 is 0.551 bits per heavy atom. The zero-order valence-electron chi connectivity index (χ0n) is 82.9. The molecule has 3 aliphatic heterocycles. The molecule has 14 N–H and O–H groups in total. The number of allylic oxidation sites excluding steroid dienone is 7. The molecule has 147 heavy (non-hydrogen) atoms. The molecular weight excluding hydrogens is 1980 g/mol. The minimum atomic E-state index is -4.66. The third-order valence-corrected chi connectivity index (χ3v) is 30.2. The first-order chi connectivity index (χ1) is 69.6. The van der Waals surface area contributed by atoms with Gasteiger partial charge >= 0.3 is 29.9 Å². The number of carboxylic acid groups (broad SMARTS) is 4. The van der Waals surface area contributed by atoms with Crippen molar-refractivity contribution in [1.82, 2.24) is 31.5 Å². The van der Waals surface area contributed by atoms with Gasteiger partial charge in [0.15, 0.2) is 23.5 Å². The van der Waals surface area contributed by atoms with Gasteiger partial charge in [0.1, 0.15) is 41.7 Å². The molecule has 8 atom stereocenters. The molecule has 0 spiro atoms. The molecule has 1 saturated heterocycles. The van der Waals surface area contributed by atoms with Crippen molar-refractivity contribution in [1.29, 1.82) is 0 Å². The summed E-state index contributed by atoms with van der Waals surface area (Å²) in [6, 6.07) is 24.6. The third-order valence-electron chi connectivity index (χ3n) is 26.3. The van der Waals surface area contributed by atoms with Gasteiger partial charge in [0.2, 0.25) is 35.2 Å². The average Bonchev–Trinajstić information content (AvgIpc) is 1.59. The van der Waals surface area contributed by atoms with Gasteiger partial charge in [-0.3, -0.25) is 80.9 Å². The van der Waals surface area contributed by atoms with E-state index in [-0.39, 0.29) is 116 Å². The number of rotatable bonds is 64. The number of carbonyl (C=O) groups excluding carboxylic acids is 11. The molecule has 5 aromatic carbocycles. The van der Waals surface area contributed by atoms with Crippen LogP contribution < -0.4 is 42.0 Å². The van der Waals surface area contributed by atoms with E-state index in [1.807, 2.05) is 56.6 Å². The lowest BCUT2D eigenvalue weighted by Gasteiger charge is -2.27. The summed E-state index contributed by atoms with van der Waals surface area (Å²) in [5.41, 5.74) is 11.8. The summed E-state index contributed by atoms with van der Waals surface area (Å²) in [6.07, 6.45) is 12.5. The lowest BCUT2D eigenvalue weighted by molar-refractivity contribution is -0.438. The van der Waals surface area contributed by atoms with Crippen LogP contribution in [0.3, 0.4) is 0 Å². The molecule has 0 aromatic heterocycles. The van der Waals surface area contributed by atoms with E-state index < -0.39 is 198 Å². The molecule has 3 heterocycles. The summed E-state index contributed by atoms with van der Waals surface area (Å²) in [5, 5.41) is 49.8. The number of nitrogens with zero attached hydrogens (tertiary/aromatic N) is 3. The summed E-state index contributed by atoms with van der Waals surface area (Å²) < 4.78 is 118. The lowest BCUT2D eigenvalue weighted by atomic mass is 9.81. The van der Waals surface area contributed by atoms with Gasteiger partial charge in [-0.15, -0.1) is 11.8 Å². The molecule has 0 radical (unpaired) electrons. The number of thioether (sulfide) groups is 1. The SMILES string of the molecule is CCCCCN1/C(=C/C=C2\CCCC(/C=C/C3=[N+](CCCCCC(=O)CCCN4C(=O)CC(SC[C@H](CC(=O)[C@H](CC(=O)O)NC(=O)[C@@H](N)CNC(=O)[C@@H](CC(=O)[C@H](Cc5ccccc5)NC(=O)CCCCCCCCC(=O)CC[C@@H](NC(=O)N[C@H](CCC(=O)O)OC=O)C(=O)O)Cc5ccccc5)C(=O)O)C4=O)c4ccc(S(=O)(=O)O)cc4C3(C)C)=C2Oc2ccc(S(=O)(=O)O)cc2)C(C)(C)c2cc(S(=O)(=O)O)ccc21. The number of likely N-dealkylation sites (tertiary alicyclic amines) is 1. The van der Waals surface area contributed by atoms with Crippen LogP contribution in [0.5, 0.6) is 5.75 Å². The van der Waals surface area contributed by atoms with Gasteiger partial charge in [0.25, 0.3) is 36.8 Å². The highest BCUT2D eigenvalue weighted by Gasteiger charge is 2.47. The van der Waals surface area contributed by atoms with Crippen LogP contribution in [-0.2, 0) is 126 Å². The standard InChI is InChI=1S/C104H131N9O30S4/c1-6-7-22-52-111-84-46-43-76(146(136,137)138)59-78(84)103(2,3)89(111)48-36-68-30-24-31-69(96(68)143-74-39-41-75(42-40-74)145(133,134)135)37-49-90-104(4,5)79-60-77(147(139,140)141)44-47-85(79)112(90)53-23-14-20-32-72(115)34-25-54-113-93(120)62-88(99(113)127)144-64-71(100(128)129)58-87(118)83(61-95(123)124)108-98(126)80(105)63-106-97(125)70(55-66-26-15-12-16-27-66)57-86(117)82(56-67-28-17-13-18-29-67)107-91(119)35-21-11-9-8-10-19-33-73(116)38-45-81(101(130)131)109-102(132)110-92(142-65-114)50-51-94(121)122/h12-13,15-18,26-29,36-37,39-44,46-49,59-60,65,70-71,80-83,88,92H,6-11,14,19-25,30-35,38,45,50-58,61-64,105H2,1-5H3,(H11-,106,107,108,109,110,119,121,122,123,124,125,126,128,129,130,131,132,133,134,135,136,137,138,139,140,141)/p+1/t70-,71+,80+,81-,82+,83+,88?,92+/m1/s1. The Labute approximate surface area is 858 Å². The summed E-state index contributed by atoms with van der Waals surface area (Å²) in [7, 11) is -13.8. The number of nitrogens with one attached hydrogen (secondary N) is 5. The number of urea groups is 1. The van der Waals surface area contributed by atoms with Gasteiger partial charge < -0.3 is 67.1 Å². The van der Waals surface area contributed by atoms with Crippen LogP contribution in [0.4, 0.5) is 16.2 Å². The number of Topliss-reactive ketones (excluding diaryl/α,β-unsaturated/α-hetero) is 4. The molecular formula is C104H132N9O30S4+. The van der Waals surface area contributed by atoms with Crippen molar-refractivity contribution in [2.45, 2.75) is 288 Å². The number of hydrogen-bond donors (Lipinski definition) is 13. The summed E-state index contributed by atoms with van der Waals surface area (Å²) >= 11 is 0.789. The number of carbonyl (C=O) groups is 15. The number of benzene rings is 5. The van der Waals surface area contributed by atoms with Crippen molar-refractivity contribution in [3.8, 4) is 5.75 Å². The monoisotopic (exact) mass is 2110 g/mol. The first-order valence-electron chi connectivity index (χ1n) is 49.1. The van der Waals surface area contributed by atoms with E-state index in [9.17, 15) is 126 Å². The zero-order chi connectivity index (χ0) is 108. The van der Waals surface area contributed by atoms with E-state index in [4.69, 9.17) is 15.6 Å². The second-order valence-electron chi connectivity index (χ2n) is 38.1. The molecule has 7 amide bonds. The molecule has 1 fully saturated rings. The van der Waals surface area contributed by atoms with Crippen LogP contribution in [0, 0.1) is 11.8 Å². The zero-order valence-corrected chi connectivity index (χ0v) is 86.1. The Kier molecular flexibility index (Phi) is 44.3. The maximum absolute atomic E-state index is 14.5. The Hall–Kier alpha value is -12.8. The van der Waals surface area contributed by atoms with E-state index in [2.05, 4.69) is 43.1 Å². The van der Waals surface area contributed by atoms with E-state index >= 15 is 0 Å². The fraction of sp³-hybridized carbons (Fsp3) is 0.481. The number of unbranched alkanes of at least 4 members (excludes halogenated alkanes) is 9. The van der Waals surface area contributed by atoms with Gasteiger partial charge in [0.05, 0.1) is 56.2 Å². The van der Waals surface area contributed by atoms with Crippen molar-refractivity contribution >= 4 is 148 Å². The molecule has 4 aliphatic rings. The Bertz CT molecular complexity index is 6160. The smallest absolute Gasteiger partial charge is 0.326 e. The van der Waals surface area contributed by atoms with Gasteiger partial charge in [-0.25, -0.2) is 9.59 Å². The Morgan fingerprint density at radius 3 is 1.74 bits per heavy atom. The molecule has 1 aliphatic carbocycles. The highest BCUT2D eigenvalue weighted by atomic mass is 32.2. The van der Waals surface area contributed by atoms with E-state index in [0.717, 1.165) is 64.2 Å². The number of aliphatic carboxylic acids is 4. The Balaban J connectivity index is 0.754. The molecule has 0 saturated carbocycles. The van der Waals surface area contributed by atoms with Crippen LogP contribution in [-0.4, -0.2) is 231 Å². The first-order valence-corrected chi connectivity index (χ1v) is 54.5. The number of hydrogen-bond acceptors (Lipinski definition) is 26. The molecule has 43 heteroatoms. The lowest BCUT2D eigenvalue weighted by Crippen LogP contribution is -2.53. The van der Waals surface area contributed by atoms with Crippen LogP contribution in [0.15, 0.2) is 183 Å². The number of carboxylic acids is 4. The highest BCUT2D eigenvalue weighted by molar-refractivity contribution is 8.00. The molecule has 0 bridgehead atoms. The van der Waals surface area contributed by atoms with Gasteiger partial charge in [0, 0.05) is 130 Å².